The second-order valence-electron chi connectivity index (χ2n) is 5.72. The Balaban J connectivity index is 1.92. The summed E-state index contributed by atoms with van der Waals surface area (Å²) < 4.78 is 0. The number of hydrogen-bond acceptors (Lipinski definition) is 4. The van der Waals surface area contributed by atoms with E-state index in [-0.39, 0.29) is 17.9 Å². The quantitative estimate of drug-likeness (QED) is 0.647. The lowest BCUT2D eigenvalue weighted by atomic mass is 10.0. The highest BCUT2D eigenvalue weighted by molar-refractivity contribution is 5.89. The van der Waals surface area contributed by atoms with Crippen molar-refractivity contribution in [1.29, 1.82) is 0 Å². The molecule has 0 aromatic rings. The van der Waals surface area contributed by atoms with E-state index in [4.69, 9.17) is 0 Å². The molecule has 0 saturated carbocycles. The number of piperidine rings is 1. The summed E-state index contributed by atoms with van der Waals surface area (Å²) in [5, 5.41) is 8.75. The molecule has 3 N–H and O–H groups in total. The van der Waals surface area contributed by atoms with E-state index in [9.17, 15) is 9.59 Å². The number of rotatable bonds is 4. The van der Waals surface area contributed by atoms with Crippen LogP contribution in [0.4, 0.5) is 0 Å². The Morgan fingerprint density at radius 3 is 2.60 bits per heavy atom. The van der Waals surface area contributed by atoms with Crippen molar-refractivity contribution in [2.75, 3.05) is 26.7 Å². The van der Waals surface area contributed by atoms with Crippen LogP contribution in [-0.4, -0.2) is 61.5 Å². The van der Waals surface area contributed by atoms with E-state index < -0.39 is 6.04 Å². The van der Waals surface area contributed by atoms with Gasteiger partial charge in [-0.2, -0.15) is 0 Å². The molecule has 2 atom stereocenters. The predicted molar refractivity (Wildman–Crippen MR) is 77.3 cm³/mol. The molecule has 2 heterocycles. The normalized spacial score (nSPS) is 26.2. The summed E-state index contributed by atoms with van der Waals surface area (Å²) in [6.07, 6.45) is 4.18. The first kappa shape index (κ1) is 15.3. The summed E-state index contributed by atoms with van der Waals surface area (Å²) in [6.45, 7) is 4.78. The van der Waals surface area contributed by atoms with Crippen LogP contribution in [0, 0.1) is 0 Å². The maximum absolute atomic E-state index is 12.4. The summed E-state index contributed by atoms with van der Waals surface area (Å²) >= 11 is 0. The van der Waals surface area contributed by atoms with Crippen LogP contribution in [-0.2, 0) is 9.59 Å². The molecule has 6 nitrogen and oxygen atoms in total. The average molecular weight is 282 g/mol. The smallest absolute Gasteiger partial charge is 0.242 e. The van der Waals surface area contributed by atoms with Gasteiger partial charge in [0.05, 0.1) is 6.04 Å². The Morgan fingerprint density at radius 2 is 1.95 bits per heavy atom. The molecule has 0 bridgehead atoms. The van der Waals surface area contributed by atoms with Gasteiger partial charge in [0.25, 0.3) is 0 Å². The molecule has 2 aliphatic heterocycles. The maximum Gasteiger partial charge on any atom is 0.242 e. The Bertz CT molecular complexity index is 355. The first-order valence-electron chi connectivity index (χ1n) is 7.62. The monoisotopic (exact) mass is 282 g/mol. The molecule has 2 aliphatic rings. The SMILES string of the molecule is CNC(=O)C(C)NC(=O)C1CCCN1C1CCNCC1. The van der Waals surface area contributed by atoms with Crippen molar-refractivity contribution in [3.05, 3.63) is 0 Å². The first-order valence-corrected chi connectivity index (χ1v) is 7.62. The summed E-state index contributed by atoms with van der Waals surface area (Å²) in [6, 6.07) is -0.0296. The molecule has 0 aliphatic carbocycles. The van der Waals surface area contributed by atoms with Crippen molar-refractivity contribution in [3.63, 3.8) is 0 Å². The third kappa shape index (κ3) is 3.49. The number of carbonyl (C=O) groups excluding carboxylic acids is 2. The van der Waals surface area contributed by atoms with E-state index in [1.165, 1.54) is 0 Å². The number of carbonyl (C=O) groups is 2. The highest BCUT2D eigenvalue weighted by Crippen LogP contribution is 2.24. The molecular weight excluding hydrogens is 256 g/mol. The van der Waals surface area contributed by atoms with Crippen molar-refractivity contribution >= 4 is 11.8 Å². The molecule has 2 rings (SSSR count). The molecule has 2 unspecified atom stereocenters. The summed E-state index contributed by atoms with van der Waals surface area (Å²) in [4.78, 5) is 26.2. The molecule has 2 amide bonds. The largest absolute Gasteiger partial charge is 0.357 e. The summed E-state index contributed by atoms with van der Waals surface area (Å²) in [5.41, 5.74) is 0. The van der Waals surface area contributed by atoms with Crippen molar-refractivity contribution in [2.45, 2.75) is 50.7 Å². The molecule has 2 fully saturated rings. The summed E-state index contributed by atoms with van der Waals surface area (Å²) in [5.74, 6) is -0.151. The van der Waals surface area contributed by atoms with Gasteiger partial charge in [-0.15, -0.1) is 0 Å². The zero-order valence-corrected chi connectivity index (χ0v) is 12.4. The van der Waals surface area contributed by atoms with E-state index in [2.05, 4.69) is 20.9 Å². The van der Waals surface area contributed by atoms with Crippen molar-refractivity contribution < 1.29 is 9.59 Å². The van der Waals surface area contributed by atoms with Crippen LogP contribution in [0.3, 0.4) is 0 Å². The fourth-order valence-electron chi connectivity index (χ4n) is 3.24. The lowest BCUT2D eigenvalue weighted by molar-refractivity contribution is -0.131. The van der Waals surface area contributed by atoms with Crippen LogP contribution in [0.25, 0.3) is 0 Å². The third-order valence-corrected chi connectivity index (χ3v) is 4.37. The van der Waals surface area contributed by atoms with Crippen LogP contribution < -0.4 is 16.0 Å². The molecule has 0 spiro atoms. The number of likely N-dealkylation sites (N-methyl/N-ethyl adjacent to an activating group) is 1. The minimum Gasteiger partial charge on any atom is -0.357 e. The zero-order valence-electron chi connectivity index (χ0n) is 12.4. The van der Waals surface area contributed by atoms with Crippen LogP contribution >= 0.6 is 0 Å². The minimum absolute atomic E-state index is 0.00265. The number of nitrogens with zero attached hydrogens (tertiary/aromatic N) is 1. The van der Waals surface area contributed by atoms with Crippen LogP contribution in [0.1, 0.15) is 32.6 Å². The van der Waals surface area contributed by atoms with E-state index in [1.807, 2.05) is 0 Å². The van der Waals surface area contributed by atoms with Crippen molar-refractivity contribution in [3.8, 4) is 0 Å². The van der Waals surface area contributed by atoms with E-state index in [1.54, 1.807) is 14.0 Å². The minimum atomic E-state index is -0.469. The number of amides is 2. The summed E-state index contributed by atoms with van der Waals surface area (Å²) in [7, 11) is 1.59. The Morgan fingerprint density at radius 1 is 1.25 bits per heavy atom. The maximum atomic E-state index is 12.4. The highest BCUT2D eigenvalue weighted by atomic mass is 16.2. The van der Waals surface area contributed by atoms with Gasteiger partial charge >= 0.3 is 0 Å². The van der Waals surface area contributed by atoms with Crippen molar-refractivity contribution in [2.24, 2.45) is 0 Å². The molecule has 6 heteroatoms. The lowest BCUT2D eigenvalue weighted by Gasteiger charge is -2.35. The van der Waals surface area contributed by atoms with E-state index in [0.717, 1.165) is 45.3 Å². The standard InChI is InChI=1S/C14H26N4O2/c1-10(13(19)15-2)17-14(20)12-4-3-9-18(12)11-5-7-16-8-6-11/h10-12,16H,3-9H2,1-2H3,(H,15,19)(H,17,20). The van der Waals surface area contributed by atoms with Crippen LogP contribution in [0.2, 0.25) is 0 Å². The van der Waals surface area contributed by atoms with E-state index >= 15 is 0 Å². The topological polar surface area (TPSA) is 73.5 Å². The molecule has 20 heavy (non-hydrogen) atoms. The number of hydrogen-bond donors (Lipinski definition) is 3. The highest BCUT2D eigenvalue weighted by Gasteiger charge is 2.36. The Hall–Kier alpha value is -1.14. The van der Waals surface area contributed by atoms with Gasteiger partial charge in [-0.05, 0) is 52.2 Å². The van der Waals surface area contributed by atoms with E-state index in [0.29, 0.717) is 6.04 Å². The van der Waals surface area contributed by atoms with Gasteiger partial charge in [-0.1, -0.05) is 0 Å². The fraction of sp³-hybridized carbons (Fsp3) is 0.857. The van der Waals surface area contributed by atoms with Gasteiger partial charge in [0.15, 0.2) is 0 Å². The average Bonchev–Trinajstić information content (AvgIpc) is 2.96. The van der Waals surface area contributed by atoms with Gasteiger partial charge in [0.2, 0.25) is 11.8 Å². The Labute approximate surface area is 120 Å². The molecular formula is C14H26N4O2. The predicted octanol–water partition coefficient (Wildman–Crippen LogP) is -0.546. The second-order valence-corrected chi connectivity index (χ2v) is 5.72. The molecule has 114 valence electrons. The molecule has 0 aromatic heterocycles. The third-order valence-electron chi connectivity index (χ3n) is 4.37. The van der Waals surface area contributed by atoms with Crippen LogP contribution in [0.5, 0.6) is 0 Å². The van der Waals surface area contributed by atoms with Crippen LogP contribution in [0.15, 0.2) is 0 Å². The number of nitrogens with one attached hydrogen (secondary N) is 3. The first-order chi connectivity index (χ1) is 9.63. The van der Waals surface area contributed by atoms with Gasteiger partial charge < -0.3 is 16.0 Å². The molecule has 2 saturated heterocycles. The van der Waals surface area contributed by atoms with Gasteiger partial charge in [0.1, 0.15) is 6.04 Å². The number of likely N-dealkylation sites (tertiary alicyclic amines) is 1. The zero-order chi connectivity index (χ0) is 14.5. The second kappa shape index (κ2) is 7.04. The Kier molecular flexibility index (Phi) is 5.37. The van der Waals surface area contributed by atoms with Gasteiger partial charge in [-0.25, -0.2) is 0 Å². The van der Waals surface area contributed by atoms with Gasteiger partial charge in [-0.3, -0.25) is 14.5 Å². The molecule has 0 radical (unpaired) electrons. The lowest BCUT2D eigenvalue weighted by Crippen LogP contribution is -2.54. The fourth-order valence-corrected chi connectivity index (χ4v) is 3.24. The molecule has 0 aromatic carbocycles. The van der Waals surface area contributed by atoms with Crippen molar-refractivity contribution in [1.82, 2.24) is 20.9 Å². The van der Waals surface area contributed by atoms with Gasteiger partial charge in [0, 0.05) is 13.1 Å².